The largest absolute Gasteiger partial charge is 0.441 e. The van der Waals surface area contributed by atoms with E-state index in [0.717, 1.165) is 52.4 Å². The van der Waals surface area contributed by atoms with Crippen LogP contribution in [-0.4, -0.2) is 76.6 Å². The summed E-state index contributed by atoms with van der Waals surface area (Å²) >= 11 is 0. The summed E-state index contributed by atoms with van der Waals surface area (Å²) in [7, 11) is 0. The highest BCUT2D eigenvalue weighted by Gasteiger charge is 2.34. The van der Waals surface area contributed by atoms with Gasteiger partial charge in [-0.2, -0.15) is 0 Å². The molecular formula is C27H30N6O. The van der Waals surface area contributed by atoms with Crippen LogP contribution in [0.15, 0.2) is 47.0 Å². The first-order valence-electron chi connectivity index (χ1n) is 12.5. The zero-order chi connectivity index (χ0) is 22.6. The molecule has 3 aromatic heterocycles. The van der Waals surface area contributed by atoms with Crippen molar-refractivity contribution >= 4 is 27.8 Å². The zero-order valence-electron chi connectivity index (χ0n) is 19.7. The predicted molar refractivity (Wildman–Crippen MR) is 134 cm³/mol. The van der Waals surface area contributed by atoms with Crippen LogP contribution in [0.3, 0.4) is 0 Å². The Bertz CT molecular complexity index is 1350. The van der Waals surface area contributed by atoms with Gasteiger partial charge in [0.2, 0.25) is 0 Å². The third-order valence-corrected chi connectivity index (χ3v) is 7.68. The van der Waals surface area contributed by atoms with E-state index in [1.807, 2.05) is 37.4 Å². The van der Waals surface area contributed by atoms with E-state index < -0.39 is 0 Å². The van der Waals surface area contributed by atoms with E-state index in [2.05, 4.69) is 31.8 Å². The van der Waals surface area contributed by atoms with Gasteiger partial charge >= 0.3 is 0 Å². The van der Waals surface area contributed by atoms with Crippen molar-refractivity contribution in [2.45, 2.75) is 25.8 Å². The minimum atomic E-state index is 0.663. The third kappa shape index (κ3) is 3.83. The van der Waals surface area contributed by atoms with Crippen molar-refractivity contribution in [3.05, 3.63) is 48.5 Å². The number of aryl methyl sites for hydroxylation is 1. The monoisotopic (exact) mass is 454 g/mol. The summed E-state index contributed by atoms with van der Waals surface area (Å²) in [5.74, 6) is 1.68. The van der Waals surface area contributed by atoms with Crippen molar-refractivity contribution < 1.29 is 4.42 Å². The Balaban J connectivity index is 1.05. The molecule has 5 heterocycles. The van der Waals surface area contributed by atoms with Crippen LogP contribution in [0.25, 0.3) is 33.4 Å². The van der Waals surface area contributed by atoms with E-state index in [9.17, 15) is 0 Å². The highest BCUT2D eigenvalue weighted by Crippen LogP contribution is 2.31. The van der Waals surface area contributed by atoms with Gasteiger partial charge < -0.3 is 14.2 Å². The minimum absolute atomic E-state index is 0.663. The van der Waals surface area contributed by atoms with Crippen LogP contribution in [0.5, 0.6) is 0 Å². The smallest absolute Gasteiger partial charge is 0.192 e. The van der Waals surface area contributed by atoms with E-state index in [4.69, 9.17) is 14.4 Å². The third-order valence-electron chi connectivity index (χ3n) is 7.68. The molecule has 0 bridgehead atoms. The fraction of sp³-hybridized carbons (Fsp3) is 0.444. The molecule has 1 saturated carbocycles. The van der Waals surface area contributed by atoms with Gasteiger partial charge in [0.15, 0.2) is 11.5 Å². The number of anilines is 1. The lowest BCUT2D eigenvalue weighted by Crippen LogP contribution is -2.63. The van der Waals surface area contributed by atoms with Gasteiger partial charge in [0.25, 0.3) is 0 Å². The summed E-state index contributed by atoms with van der Waals surface area (Å²) in [6.45, 7) is 10.2. The van der Waals surface area contributed by atoms with Crippen molar-refractivity contribution in [1.29, 1.82) is 0 Å². The van der Waals surface area contributed by atoms with E-state index >= 15 is 0 Å². The fourth-order valence-corrected chi connectivity index (χ4v) is 5.41. The van der Waals surface area contributed by atoms with Crippen LogP contribution in [0.2, 0.25) is 0 Å². The molecule has 1 aromatic carbocycles. The zero-order valence-corrected chi connectivity index (χ0v) is 19.7. The first-order chi connectivity index (χ1) is 16.7. The van der Waals surface area contributed by atoms with Crippen molar-refractivity contribution in [1.82, 2.24) is 24.8 Å². The molecule has 1 aliphatic carbocycles. The molecule has 7 rings (SSSR count). The molecule has 0 spiro atoms. The van der Waals surface area contributed by atoms with Gasteiger partial charge in [-0.15, -0.1) is 0 Å². The Morgan fingerprint density at radius 2 is 1.76 bits per heavy atom. The van der Waals surface area contributed by atoms with Gasteiger partial charge in [-0.25, -0.2) is 9.97 Å². The molecule has 0 amide bonds. The number of nitrogens with zero attached hydrogens (tertiary/aromatic N) is 6. The lowest BCUT2D eigenvalue weighted by atomic mass is 10.0. The van der Waals surface area contributed by atoms with Crippen molar-refractivity contribution in [3.8, 4) is 11.3 Å². The number of hydrogen-bond acceptors (Lipinski definition) is 7. The van der Waals surface area contributed by atoms with Crippen LogP contribution < -0.4 is 4.90 Å². The first-order valence-corrected chi connectivity index (χ1v) is 12.5. The molecule has 7 nitrogen and oxygen atoms in total. The number of fused-ring (bicyclic) bond motifs is 2. The molecule has 0 radical (unpaired) electrons. The predicted octanol–water partition coefficient (Wildman–Crippen LogP) is 3.96. The molecule has 0 N–H and O–H groups in total. The quantitative estimate of drug-likeness (QED) is 0.452. The summed E-state index contributed by atoms with van der Waals surface area (Å²) in [5, 5.41) is 0. The van der Waals surface area contributed by atoms with E-state index in [0.29, 0.717) is 11.9 Å². The topological polar surface area (TPSA) is 61.5 Å². The molecule has 2 saturated heterocycles. The Morgan fingerprint density at radius 1 is 0.912 bits per heavy atom. The average Bonchev–Trinajstić information content (AvgIpc) is 3.56. The highest BCUT2D eigenvalue weighted by molar-refractivity contribution is 5.84. The van der Waals surface area contributed by atoms with Crippen LogP contribution in [0.4, 0.5) is 5.69 Å². The Hall–Kier alpha value is -3.03. The standard InChI is InChI=1S/C27H30N6O/c1-18-29-26-12-20(4-7-27(26)34-18)23-5-6-24-25(30-23)13-21(14-28-24)33-16-22(17-33)32-10-8-31(9-11-32)15-19-2-3-19/h4-7,12-14,19,22H,2-3,8-11,15-17H2,1H3. The van der Waals surface area contributed by atoms with Crippen molar-refractivity contribution in [2.75, 3.05) is 50.7 Å². The average molecular weight is 455 g/mol. The Labute approximate surface area is 199 Å². The van der Waals surface area contributed by atoms with Gasteiger partial charge in [0.05, 0.1) is 28.6 Å². The fourth-order valence-electron chi connectivity index (χ4n) is 5.41. The maximum Gasteiger partial charge on any atom is 0.192 e. The Kier molecular flexibility index (Phi) is 4.81. The summed E-state index contributed by atoms with van der Waals surface area (Å²) in [5.41, 5.74) is 6.67. The van der Waals surface area contributed by atoms with Crippen LogP contribution >= 0.6 is 0 Å². The lowest BCUT2D eigenvalue weighted by molar-refractivity contribution is 0.0809. The maximum absolute atomic E-state index is 5.61. The molecular weight excluding hydrogens is 424 g/mol. The number of oxazole rings is 1. The second-order valence-corrected chi connectivity index (χ2v) is 10.2. The van der Waals surface area contributed by atoms with Gasteiger partial charge in [-0.3, -0.25) is 9.88 Å². The Morgan fingerprint density at radius 3 is 2.59 bits per heavy atom. The van der Waals surface area contributed by atoms with Gasteiger partial charge in [-0.1, -0.05) is 0 Å². The second kappa shape index (κ2) is 8.03. The van der Waals surface area contributed by atoms with Crippen molar-refractivity contribution in [3.63, 3.8) is 0 Å². The molecule has 0 atom stereocenters. The number of pyridine rings is 2. The highest BCUT2D eigenvalue weighted by atomic mass is 16.3. The number of piperazine rings is 1. The van der Waals surface area contributed by atoms with Gasteiger partial charge in [0, 0.05) is 64.3 Å². The number of benzene rings is 1. The molecule has 34 heavy (non-hydrogen) atoms. The van der Waals surface area contributed by atoms with E-state index in [1.54, 1.807) is 0 Å². The molecule has 3 aliphatic rings. The van der Waals surface area contributed by atoms with Crippen molar-refractivity contribution in [2.24, 2.45) is 5.92 Å². The van der Waals surface area contributed by atoms with Gasteiger partial charge in [0.1, 0.15) is 5.52 Å². The lowest BCUT2D eigenvalue weighted by Gasteiger charge is -2.49. The molecule has 4 aromatic rings. The number of rotatable bonds is 5. The summed E-state index contributed by atoms with van der Waals surface area (Å²) < 4.78 is 5.61. The minimum Gasteiger partial charge on any atom is -0.441 e. The maximum atomic E-state index is 5.61. The number of aromatic nitrogens is 3. The van der Waals surface area contributed by atoms with Crippen LogP contribution in [0, 0.1) is 12.8 Å². The summed E-state index contributed by atoms with van der Waals surface area (Å²) in [6, 6.07) is 13.0. The van der Waals surface area contributed by atoms with Gasteiger partial charge in [-0.05, 0) is 55.2 Å². The summed E-state index contributed by atoms with van der Waals surface area (Å²) in [4.78, 5) is 21.9. The van der Waals surface area contributed by atoms with Crippen LogP contribution in [-0.2, 0) is 0 Å². The molecule has 7 heteroatoms. The van der Waals surface area contributed by atoms with E-state index in [-0.39, 0.29) is 0 Å². The SMILES string of the molecule is Cc1nc2cc(-c3ccc4ncc(N5CC(N6CCN(CC7CC7)CC6)C5)cc4n3)ccc2o1. The molecule has 3 fully saturated rings. The molecule has 2 aliphatic heterocycles. The molecule has 174 valence electrons. The first kappa shape index (κ1) is 20.4. The van der Waals surface area contributed by atoms with E-state index in [1.165, 1.54) is 51.3 Å². The van der Waals surface area contributed by atoms with Crippen LogP contribution in [0.1, 0.15) is 18.7 Å². The normalized spacial score (nSPS) is 20.3. The second-order valence-electron chi connectivity index (χ2n) is 10.2. The number of hydrogen-bond donors (Lipinski definition) is 0. The summed E-state index contributed by atoms with van der Waals surface area (Å²) in [6.07, 6.45) is 4.90. The molecule has 0 unspecified atom stereocenters.